The van der Waals surface area contributed by atoms with Gasteiger partial charge in [-0.1, -0.05) is 0 Å². The van der Waals surface area contributed by atoms with Gasteiger partial charge in [-0.3, -0.25) is 4.68 Å². The first kappa shape index (κ1) is 14.0. The van der Waals surface area contributed by atoms with Crippen molar-refractivity contribution in [2.75, 3.05) is 25.1 Å². The highest BCUT2D eigenvalue weighted by Gasteiger charge is 2.19. The quantitative estimate of drug-likeness (QED) is 0.910. The molecule has 2 aromatic heterocycles. The van der Waals surface area contributed by atoms with Crippen molar-refractivity contribution >= 4 is 5.82 Å². The number of nitrogens with zero attached hydrogens (tertiary/aromatic N) is 4. The number of hydrogen-bond donors (Lipinski definition) is 1. The van der Waals surface area contributed by atoms with Crippen molar-refractivity contribution < 1.29 is 4.74 Å². The van der Waals surface area contributed by atoms with E-state index in [1.807, 2.05) is 17.7 Å². The van der Waals surface area contributed by atoms with E-state index in [0.29, 0.717) is 5.92 Å². The topological polar surface area (TPSA) is 64.9 Å². The maximum atomic E-state index is 5.41. The fourth-order valence-corrected chi connectivity index (χ4v) is 2.65. The number of ether oxygens (including phenoxy) is 1. The molecule has 21 heavy (non-hydrogen) atoms. The minimum absolute atomic E-state index is 0.407. The summed E-state index contributed by atoms with van der Waals surface area (Å²) in [6.45, 7) is 7.29. The van der Waals surface area contributed by atoms with Crippen molar-refractivity contribution in [1.82, 2.24) is 19.7 Å². The molecule has 0 aliphatic carbocycles. The highest BCUT2D eigenvalue weighted by molar-refractivity contribution is 5.35. The second-order valence-corrected chi connectivity index (χ2v) is 5.47. The lowest BCUT2D eigenvalue weighted by Gasteiger charge is -2.10. The lowest BCUT2D eigenvalue weighted by Crippen LogP contribution is -2.14. The first-order valence-electron chi connectivity index (χ1n) is 7.37. The fraction of sp³-hybridized carbons (Fsp3) is 0.533. The van der Waals surface area contributed by atoms with Crippen LogP contribution in [0.4, 0.5) is 5.82 Å². The zero-order valence-corrected chi connectivity index (χ0v) is 12.5. The molecule has 6 heteroatoms. The molecule has 1 N–H and O–H groups in total. The Kier molecular flexibility index (Phi) is 4.15. The summed E-state index contributed by atoms with van der Waals surface area (Å²) in [5, 5.41) is 7.79. The summed E-state index contributed by atoms with van der Waals surface area (Å²) in [7, 11) is 0. The number of aromatic nitrogens is 4. The average molecular weight is 287 g/mol. The van der Waals surface area contributed by atoms with E-state index in [1.54, 1.807) is 6.33 Å². The van der Waals surface area contributed by atoms with E-state index in [4.69, 9.17) is 4.74 Å². The normalized spacial score (nSPS) is 18.1. The van der Waals surface area contributed by atoms with Crippen LogP contribution in [0.15, 0.2) is 18.5 Å². The molecular weight excluding hydrogens is 266 g/mol. The molecule has 6 nitrogen and oxygen atoms in total. The molecule has 1 aliphatic heterocycles. The summed E-state index contributed by atoms with van der Waals surface area (Å²) in [6.07, 6.45) is 2.67. The van der Waals surface area contributed by atoms with E-state index in [9.17, 15) is 0 Å². The van der Waals surface area contributed by atoms with Crippen LogP contribution in [0.3, 0.4) is 0 Å². The first-order chi connectivity index (χ1) is 10.2. The van der Waals surface area contributed by atoms with Crippen LogP contribution in [0.1, 0.15) is 29.4 Å². The van der Waals surface area contributed by atoms with Crippen molar-refractivity contribution in [3.8, 4) is 0 Å². The highest BCUT2D eigenvalue weighted by atomic mass is 16.5. The van der Waals surface area contributed by atoms with Crippen LogP contribution in [0, 0.1) is 13.8 Å². The number of nitrogens with one attached hydrogen (secondary N) is 1. The molecule has 2 aromatic rings. The molecule has 3 heterocycles. The predicted octanol–water partition coefficient (Wildman–Crippen LogP) is 1.91. The Balaban J connectivity index is 1.57. The predicted molar refractivity (Wildman–Crippen MR) is 80.4 cm³/mol. The van der Waals surface area contributed by atoms with Gasteiger partial charge < -0.3 is 10.1 Å². The molecule has 112 valence electrons. The molecule has 0 unspecified atom stereocenters. The standard InChI is InChI=1S/C15H21N5O/c1-11-7-12(2)20(19-11)5-4-16-15-8-14(17-10-18-15)13-3-6-21-9-13/h7-8,10,13H,3-6,9H2,1-2H3,(H,16,17,18)/t13-/m1/s1. The maximum absolute atomic E-state index is 5.41. The molecule has 0 spiro atoms. The average Bonchev–Trinajstić information content (AvgIpc) is 3.10. The molecular formula is C15H21N5O. The van der Waals surface area contributed by atoms with Crippen LogP contribution in [0.2, 0.25) is 0 Å². The van der Waals surface area contributed by atoms with Crippen molar-refractivity contribution in [3.63, 3.8) is 0 Å². The van der Waals surface area contributed by atoms with Gasteiger partial charge in [0, 0.05) is 30.8 Å². The largest absolute Gasteiger partial charge is 0.381 e. The van der Waals surface area contributed by atoms with Gasteiger partial charge in [0.15, 0.2) is 0 Å². The van der Waals surface area contributed by atoms with Crippen molar-refractivity contribution in [3.05, 3.63) is 35.5 Å². The highest BCUT2D eigenvalue weighted by Crippen LogP contribution is 2.24. The van der Waals surface area contributed by atoms with E-state index >= 15 is 0 Å². The molecule has 0 saturated carbocycles. The van der Waals surface area contributed by atoms with Crippen LogP contribution in [-0.4, -0.2) is 39.5 Å². The van der Waals surface area contributed by atoms with Crippen LogP contribution >= 0.6 is 0 Å². The Hall–Kier alpha value is -1.95. The lowest BCUT2D eigenvalue weighted by molar-refractivity contribution is 0.193. The van der Waals surface area contributed by atoms with Crippen LogP contribution < -0.4 is 5.32 Å². The molecule has 0 aromatic carbocycles. The van der Waals surface area contributed by atoms with E-state index in [0.717, 1.165) is 49.9 Å². The van der Waals surface area contributed by atoms with Crippen LogP contribution in [-0.2, 0) is 11.3 Å². The summed E-state index contributed by atoms with van der Waals surface area (Å²) in [6, 6.07) is 4.11. The Bertz CT molecular complexity index is 604. The Morgan fingerprint density at radius 1 is 1.33 bits per heavy atom. The van der Waals surface area contributed by atoms with Gasteiger partial charge in [0.25, 0.3) is 0 Å². The third-order valence-corrected chi connectivity index (χ3v) is 3.77. The number of aryl methyl sites for hydroxylation is 2. The van der Waals surface area contributed by atoms with Gasteiger partial charge in [0.2, 0.25) is 0 Å². The fourth-order valence-electron chi connectivity index (χ4n) is 2.65. The van der Waals surface area contributed by atoms with Gasteiger partial charge in [-0.05, 0) is 26.3 Å². The minimum atomic E-state index is 0.407. The molecule has 0 radical (unpaired) electrons. The summed E-state index contributed by atoms with van der Waals surface area (Å²) < 4.78 is 7.42. The summed E-state index contributed by atoms with van der Waals surface area (Å²) in [5.74, 6) is 1.28. The zero-order valence-electron chi connectivity index (χ0n) is 12.5. The molecule has 1 saturated heterocycles. The Labute approximate surface area is 124 Å². The number of rotatable bonds is 5. The van der Waals surface area contributed by atoms with Gasteiger partial charge in [-0.25, -0.2) is 9.97 Å². The third kappa shape index (κ3) is 3.39. The molecule has 0 amide bonds. The van der Waals surface area contributed by atoms with Gasteiger partial charge in [-0.2, -0.15) is 5.10 Å². The lowest BCUT2D eigenvalue weighted by atomic mass is 10.1. The van der Waals surface area contributed by atoms with E-state index < -0.39 is 0 Å². The van der Waals surface area contributed by atoms with E-state index in [1.165, 1.54) is 5.69 Å². The Morgan fingerprint density at radius 3 is 2.95 bits per heavy atom. The molecule has 3 rings (SSSR count). The van der Waals surface area contributed by atoms with Gasteiger partial charge in [0.05, 0.1) is 24.5 Å². The first-order valence-corrected chi connectivity index (χ1v) is 7.37. The third-order valence-electron chi connectivity index (χ3n) is 3.77. The van der Waals surface area contributed by atoms with E-state index in [-0.39, 0.29) is 0 Å². The van der Waals surface area contributed by atoms with Crippen LogP contribution in [0.5, 0.6) is 0 Å². The second-order valence-electron chi connectivity index (χ2n) is 5.47. The molecule has 1 atom stereocenters. The maximum Gasteiger partial charge on any atom is 0.129 e. The molecule has 1 aliphatic rings. The van der Waals surface area contributed by atoms with Gasteiger partial charge in [-0.15, -0.1) is 0 Å². The van der Waals surface area contributed by atoms with Crippen molar-refractivity contribution in [2.45, 2.75) is 32.7 Å². The molecule has 0 bridgehead atoms. The molecule has 1 fully saturated rings. The summed E-state index contributed by atoms with van der Waals surface area (Å²) in [4.78, 5) is 8.63. The summed E-state index contributed by atoms with van der Waals surface area (Å²) in [5.41, 5.74) is 3.30. The monoisotopic (exact) mass is 287 g/mol. The second kappa shape index (κ2) is 6.22. The van der Waals surface area contributed by atoms with Crippen molar-refractivity contribution in [1.29, 1.82) is 0 Å². The minimum Gasteiger partial charge on any atom is -0.381 e. The summed E-state index contributed by atoms with van der Waals surface area (Å²) >= 11 is 0. The van der Waals surface area contributed by atoms with Gasteiger partial charge in [0.1, 0.15) is 12.1 Å². The SMILES string of the molecule is Cc1cc(C)n(CCNc2cc([C@@H]3CCOC3)ncn2)n1. The smallest absolute Gasteiger partial charge is 0.129 e. The van der Waals surface area contributed by atoms with E-state index in [2.05, 4.69) is 33.4 Å². The van der Waals surface area contributed by atoms with Crippen LogP contribution in [0.25, 0.3) is 0 Å². The van der Waals surface area contributed by atoms with Crippen molar-refractivity contribution in [2.24, 2.45) is 0 Å². The number of anilines is 1. The zero-order chi connectivity index (χ0) is 14.7. The Morgan fingerprint density at radius 2 is 2.24 bits per heavy atom. The van der Waals surface area contributed by atoms with Gasteiger partial charge >= 0.3 is 0 Å². The number of hydrogen-bond acceptors (Lipinski definition) is 5.